The lowest BCUT2D eigenvalue weighted by Gasteiger charge is -2.37. The van der Waals surface area contributed by atoms with E-state index in [1.807, 2.05) is 48.5 Å². The molecule has 1 heterocycles. The van der Waals surface area contributed by atoms with Gasteiger partial charge in [-0.15, -0.1) is 0 Å². The molecule has 2 saturated carbocycles. The molecule has 2 amide bonds. The number of hydrogen-bond acceptors (Lipinski definition) is 4. The van der Waals surface area contributed by atoms with Crippen LogP contribution in [0.5, 0.6) is 11.5 Å². The van der Waals surface area contributed by atoms with Gasteiger partial charge in [0.25, 0.3) is 0 Å². The number of anilines is 1. The van der Waals surface area contributed by atoms with Crippen molar-refractivity contribution < 1.29 is 19.1 Å². The van der Waals surface area contributed by atoms with Gasteiger partial charge in [0, 0.05) is 6.42 Å². The van der Waals surface area contributed by atoms with Crippen LogP contribution in [0.3, 0.4) is 0 Å². The van der Waals surface area contributed by atoms with Crippen LogP contribution in [0.2, 0.25) is 0 Å². The van der Waals surface area contributed by atoms with Crippen LogP contribution in [0.25, 0.3) is 0 Å². The van der Waals surface area contributed by atoms with Crippen LogP contribution >= 0.6 is 0 Å². The van der Waals surface area contributed by atoms with Gasteiger partial charge in [0.2, 0.25) is 11.8 Å². The van der Waals surface area contributed by atoms with E-state index in [4.69, 9.17) is 9.47 Å². The molecule has 5 nitrogen and oxygen atoms in total. The number of nitrogens with zero attached hydrogens (tertiary/aromatic N) is 1. The Morgan fingerprint density at radius 2 is 1.42 bits per heavy atom. The molecule has 5 heteroatoms. The average Bonchev–Trinajstić information content (AvgIpc) is 3.58. The van der Waals surface area contributed by atoms with Crippen LogP contribution in [0, 0.1) is 35.5 Å². The summed E-state index contributed by atoms with van der Waals surface area (Å²) in [5.74, 6) is 2.95. The molecule has 2 aromatic rings. The fourth-order valence-corrected chi connectivity index (χ4v) is 5.98. The summed E-state index contributed by atoms with van der Waals surface area (Å²) in [6.45, 7) is 0.551. The number of carbonyl (C=O) groups excluding carboxylic acids is 2. The van der Waals surface area contributed by atoms with Crippen molar-refractivity contribution in [2.75, 3.05) is 18.6 Å². The predicted molar refractivity (Wildman–Crippen MR) is 116 cm³/mol. The summed E-state index contributed by atoms with van der Waals surface area (Å²) < 4.78 is 11.0. The van der Waals surface area contributed by atoms with E-state index >= 15 is 0 Å². The van der Waals surface area contributed by atoms with E-state index in [-0.39, 0.29) is 35.5 Å². The molecule has 1 saturated heterocycles. The molecule has 6 atom stereocenters. The Morgan fingerprint density at radius 1 is 0.839 bits per heavy atom. The molecular formula is C26H25NO4. The fraction of sp³-hybridized carbons (Fsp3) is 0.385. The second-order valence-corrected chi connectivity index (χ2v) is 9.11. The lowest BCUT2D eigenvalue weighted by Crippen LogP contribution is -2.40. The van der Waals surface area contributed by atoms with Crippen molar-refractivity contribution in [3.05, 3.63) is 66.2 Å². The number of imide groups is 1. The second-order valence-electron chi connectivity index (χ2n) is 9.11. The smallest absolute Gasteiger partial charge is 0.238 e. The Labute approximate surface area is 181 Å². The van der Waals surface area contributed by atoms with Crippen molar-refractivity contribution in [1.82, 2.24) is 0 Å². The predicted octanol–water partition coefficient (Wildman–Crippen LogP) is 3.87. The molecule has 0 aromatic heterocycles. The summed E-state index contributed by atoms with van der Waals surface area (Å²) in [4.78, 5) is 27.8. The van der Waals surface area contributed by atoms with Crippen molar-refractivity contribution in [3.63, 3.8) is 0 Å². The van der Waals surface area contributed by atoms with Gasteiger partial charge < -0.3 is 9.47 Å². The lowest BCUT2D eigenvalue weighted by atomic mass is 9.63. The van der Waals surface area contributed by atoms with Crippen LogP contribution in [-0.2, 0) is 16.0 Å². The Balaban J connectivity index is 1.12. The number of rotatable bonds is 6. The molecule has 4 unspecified atom stereocenters. The van der Waals surface area contributed by atoms with Gasteiger partial charge in [-0.1, -0.05) is 24.3 Å². The Hall–Kier alpha value is -3.08. The third kappa shape index (κ3) is 2.90. The van der Waals surface area contributed by atoms with E-state index in [2.05, 4.69) is 12.2 Å². The largest absolute Gasteiger partial charge is 0.497 e. The minimum absolute atomic E-state index is 0.0205. The molecule has 4 aliphatic carbocycles. The van der Waals surface area contributed by atoms with Gasteiger partial charge in [-0.2, -0.15) is 0 Å². The summed E-state index contributed by atoms with van der Waals surface area (Å²) in [5, 5.41) is 0. The molecular weight excluding hydrogens is 390 g/mol. The van der Waals surface area contributed by atoms with Gasteiger partial charge in [0.15, 0.2) is 0 Å². The molecule has 0 N–H and O–H groups in total. The summed E-state index contributed by atoms with van der Waals surface area (Å²) in [6, 6.07) is 15.3. The monoisotopic (exact) mass is 415 g/mol. The summed E-state index contributed by atoms with van der Waals surface area (Å²) in [7, 11) is 1.66. The van der Waals surface area contributed by atoms with E-state index < -0.39 is 0 Å². The number of benzene rings is 2. The first-order chi connectivity index (χ1) is 15.2. The number of amides is 2. The zero-order valence-electron chi connectivity index (χ0n) is 17.4. The molecule has 31 heavy (non-hydrogen) atoms. The molecule has 3 fully saturated rings. The first kappa shape index (κ1) is 18.7. The maximum Gasteiger partial charge on any atom is 0.238 e. The van der Waals surface area contributed by atoms with Gasteiger partial charge in [0.1, 0.15) is 11.5 Å². The van der Waals surface area contributed by atoms with Crippen molar-refractivity contribution in [1.29, 1.82) is 0 Å². The third-order valence-corrected chi connectivity index (χ3v) is 7.58. The molecule has 1 aliphatic heterocycles. The van der Waals surface area contributed by atoms with Crippen molar-refractivity contribution in [3.8, 4) is 11.5 Å². The second kappa shape index (κ2) is 6.98. The Morgan fingerprint density at radius 3 is 2.00 bits per heavy atom. The van der Waals surface area contributed by atoms with E-state index in [0.29, 0.717) is 24.1 Å². The number of carbonyl (C=O) groups is 2. The van der Waals surface area contributed by atoms with Crippen LogP contribution in [-0.4, -0.2) is 25.5 Å². The first-order valence-corrected chi connectivity index (χ1v) is 11.1. The number of hydrogen-bond donors (Lipinski definition) is 0. The number of methoxy groups -OCH3 is 1. The summed E-state index contributed by atoms with van der Waals surface area (Å²) in [5.41, 5.74) is 1.83. The zero-order chi connectivity index (χ0) is 21.1. The normalized spacial score (nSPS) is 32.1. The van der Waals surface area contributed by atoms with Gasteiger partial charge in [-0.3, -0.25) is 14.5 Å². The van der Waals surface area contributed by atoms with E-state index in [0.717, 1.165) is 17.9 Å². The zero-order valence-corrected chi connectivity index (χ0v) is 17.4. The molecule has 0 spiro atoms. The van der Waals surface area contributed by atoms with Gasteiger partial charge in [-0.25, -0.2) is 0 Å². The maximum atomic E-state index is 13.2. The molecule has 7 rings (SSSR count). The van der Waals surface area contributed by atoms with Crippen LogP contribution < -0.4 is 14.4 Å². The Bertz CT molecular complexity index is 1020. The quantitative estimate of drug-likeness (QED) is 0.531. The number of ether oxygens (including phenoxy) is 2. The van der Waals surface area contributed by atoms with E-state index in [9.17, 15) is 9.59 Å². The third-order valence-electron chi connectivity index (χ3n) is 7.58. The van der Waals surface area contributed by atoms with Crippen molar-refractivity contribution >= 4 is 17.5 Å². The highest BCUT2D eigenvalue weighted by molar-refractivity contribution is 6.22. The summed E-state index contributed by atoms with van der Waals surface area (Å²) in [6.07, 6.45) is 6.37. The highest BCUT2D eigenvalue weighted by Gasteiger charge is 2.67. The van der Waals surface area contributed by atoms with Crippen molar-refractivity contribution in [2.24, 2.45) is 35.5 Å². The molecule has 5 aliphatic rings. The molecule has 2 bridgehead atoms. The van der Waals surface area contributed by atoms with Crippen LogP contribution in [0.15, 0.2) is 60.7 Å². The lowest BCUT2D eigenvalue weighted by molar-refractivity contribution is -0.124. The van der Waals surface area contributed by atoms with Crippen LogP contribution in [0.4, 0.5) is 5.69 Å². The van der Waals surface area contributed by atoms with Crippen molar-refractivity contribution in [2.45, 2.75) is 12.8 Å². The van der Waals surface area contributed by atoms with E-state index in [1.165, 1.54) is 16.9 Å². The molecule has 2 aromatic carbocycles. The number of allylic oxidation sites excluding steroid dienone is 2. The minimum atomic E-state index is -0.160. The SMILES string of the molecule is COc1ccc(CCOc2ccc(N3C(=O)C4C(C3=O)[C@@H]3C=CC4[C@H]4CC34)cc2)cc1. The minimum Gasteiger partial charge on any atom is -0.497 e. The highest BCUT2D eigenvalue weighted by atomic mass is 16.5. The van der Waals surface area contributed by atoms with Gasteiger partial charge >= 0.3 is 0 Å². The molecule has 0 radical (unpaired) electrons. The van der Waals surface area contributed by atoms with Gasteiger partial charge in [0.05, 0.1) is 31.2 Å². The topological polar surface area (TPSA) is 55.8 Å². The van der Waals surface area contributed by atoms with Crippen LogP contribution in [0.1, 0.15) is 12.0 Å². The first-order valence-electron chi connectivity index (χ1n) is 11.1. The fourth-order valence-electron chi connectivity index (χ4n) is 5.98. The average molecular weight is 415 g/mol. The molecule has 158 valence electrons. The maximum absolute atomic E-state index is 13.2. The standard InChI is InChI=1S/C26H25NO4/c1-30-17-6-2-15(3-7-17)12-13-31-18-8-4-16(5-9-18)27-25(28)23-19-10-11-20(22-14-21(19)22)24(23)26(27)29/h2-11,19-24H,12-14H2,1H3/t19-,20?,21?,22-,23?,24?/m1/s1. The summed E-state index contributed by atoms with van der Waals surface area (Å²) >= 11 is 0. The van der Waals surface area contributed by atoms with E-state index in [1.54, 1.807) is 7.11 Å². The Kier molecular flexibility index (Phi) is 4.20. The van der Waals surface area contributed by atoms with Gasteiger partial charge in [-0.05, 0) is 72.1 Å². The highest BCUT2D eigenvalue weighted by Crippen LogP contribution is 2.65.